The predicted octanol–water partition coefficient (Wildman–Crippen LogP) is 3.40. The summed E-state index contributed by atoms with van der Waals surface area (Å²) in [6.45, 7) is 4.69. The molecule has 1 amide bonds. The molecule has 0 aromatic heterocycles. The molecular formula is C25H33N3O4S. The minimum Gasteiger partial charge on any atom is -0.496 e. The molecule has 0 radical (unpaired) electrons. The zero-order valence-corrected chi connectivity index (χ0v) is 20.1. The molecule has 2 fully saturated rings. The zero-order chi connectivity index (χ0) is 23.3. The van der Waals surface area contributed by atoms with E-state index >= 15 is 0 Å². The van der Waals surface area contributed by atoms with Crippen LogP contribution in [0.4, 0.5) is 0 Å². The average Bonchev–Trinajstić information content (AvgIpc) is 3.36. The maximum atomic E-state index is 13.0. The van der Waals surface area contributed by atoms with Gasteiger partial charge in [-0.25, -0.2) is 13.1 Å². The van der Waals surface area contributed by atoms with Gasteiger partial charge in [-0.05, 0) is 74.5 Å². The summed E-state index contributed by atoms with van der Waals surface area (Å²) < 4.78 is 34.1. The van der Waals surface area contributed by atoms with Crippen LogP contribution in [0, 0.1) is 0 Å². The molecule has 0 aliphatic carbocycles. The third-order valence-electron chi connectivity index (χ3n) is 6.42. The fourth-order valence-electron chi connectivity index (χ4n) is 4.59. The Kier molecular flexibility index (Phi) is 7.67. The summed E-state index contributed by atoms with van der Waals surface area (Å²) in [7, 11) is -2.30. The van der Waals surface area contributed by atoms with Crippen LogP contribution in [0.15, 0.2) is 47.4 Å². The lowest BCUT2D eigenvalue weighted by Crippen LogP contribution is -2.36. The number of methoxy groups -OCH3 is 1. The summed E-state index contributed by atoms with van der Waals surface area (Å²) >= 11 is 0. The van der Waals surface area contributed by atoms with Gasteiger partial charge in [0.25, 0.3) is 5.91 Å². The maximum Gasteiger partial charge on any atom is 0.257 e. The minimum atomic E-state index is -3.79. The molecule has 0 saturated carbocycles. The molecule has 2 heterocycles. The molecule has 0 spiro atoms. The van der Waals surface area contributed by atoms with E-state index in [0.29, 0.717) is 18.8 Å². The number of piperidine rings is 1. The number of carbonyl (C=O) groups excluding carboxylic acids is 1. The van der Waals surface area contributed by atoms with Crippen LogP contribution in [0.3, 0.4) is 0 Å². The van der Waals surface area contributed by atoms with E-state index < -0.39 is 10.0 Å². The van der Waals surface area contributed by atoms with E-state index in [1.807, 2.05) is 12.1 Å². The van der Waals surface area contributed by atoms with E-state index in [-0.39, 0.29) is 22.9 Å². The number of hydrogen-bond acceptors (Lipinski definition) is 5. The lowest BCUT2D eigenvalue weighted by Gasteiger charge is -2.27. The number of nitrogens with one attached hydrogen (secondary N) is 1. The molecule has 1 N–H and O–H groups in total. The standard InChI is InChI=1S/C25H33N3O4S/c1-32-24-11-10-22(17-23(24)25(29)28-14-3-2-4-15-28)33(30,31)26-18-20-8-7-9-21(16-20)19-27-12-5-6-13-27/h7-11,16-17,26H,2-6,12-15,18-19H2,1H3. The quantitative estimate of drug-likeness (QED) is 0.639. The monoisotopic (exact) mass is 471 g/mol. The van der Waals surface area contributed by atoms with Crippen LogP contribution in [0.5, 0.6) is 5.75 Å². The number of amides is 1. The Labute approximate surface area is 196 Å². The molecule has 2 aromatic rings. The van der Waals surface area contributed by atoms with Crippen molar-refractivity contribution >= 4 is 15.9 Å². The molecule has 0 unspecified atom stereocenters. The van der Waals surface area contributed by atoms with Crippen molar-refractivity contribution in [2.24, 2.45) is 0 Å². The average molecular weight is 472 g/mol. The molecule has 4 rings (SSSR count). The van der Waals surface area contributed by atoms with Gasteiger partial charge in [0.2, 0.25) is 10.0 Å². The predicted molar refractivity (Wildman–Crippen MR) is 128 cm³/mol. The van der Waals surface area contributed by atoms with E-state index in [1.54, 1.807) is 11.0 Å². The largest absolute Gasteiger partial charge is 0.496 e. The third-order valence-corrected chi connectivity index (χ3v) is 7.82. The first-order valence-electron chi connectivity index (χ1n) is 11.7. The second kappa shape index (κ2) is 10.7. The van der Waals surface area contributed by atoms with Gasteiger partial charge in [-0.3, -0.25) is 9.69 Å². The molecule has 2 aliphatic heterocycles. The van der Waals surface area contributed by atoms with Gasteiger partial charge in [0.05, 0.1) is 17.6 Å². The fourth-order valence-corrected chi connectivity index (χ4v) is 5.63. The summed E-state index contributed by atoms with van der Waals surface area (Å²) in [6.07, 6.45) is 5.51. The van der Waals surface area contributed by atoms with Crippen molar-refractivity contribution in [3.05, 3.63) is 59.2 Å². The van der Waals surface area contributed by atoms with Crippen molar-refractivity contribution in [1.82, 2.24) is 14.5 Å². The van der Waals surface area contributed by atoms with Gasteiger partial charge in [-0.2, -0.15) is 0 Å². The van der Waals surface area contributed by atoms with Crippen molar-refractivity contribution in [2.75, 3.05) is 33.3 Å². The lowest BCUT2D eigenvalue weighted by atomic mass is 10.1. The van der Waals surface area contributed by atoms with Crippen molar-refractivity contribution in [3.63, 3.8) is 0 Å². The highest BCUT2D eigenvalue weighted by Crippen LogP contribution is 2.25. The van der Waals surface area contributed by atoms with Gasteiger partial charge in [-0.15, -0.1) is 0 Å². The van der Waals surface area contributed by atoms with Crippen LogP contribution in [0.2, 0.25) is 0 Å². The summed E-state index contributed by atoms with van der Waals surface area (Å²) in [5.41, 5.74) is 2.38. The molecule has 2 aromatic carbocycles. The second-order valence-corrected chi connectivity index (χ2v) is 10.6. The number of likely N-dealkylation sites (tertiary alicyclic amines) is 2. The van der Waals surface area contributed by atoms with Crippen LogP contribution >= 0.6 is 0 Å². The Morgan fingerprint density at radius 2 is 1.64 bits per heavy atom. The SMILES string of the molecule is COc1ccc(S(=O)(=O)NCc2cccc(CN3CCCC3)c2)cc1C(=O)N1CCCCC1. The first-order valence-corrected chi connectivity index (χ1v) is 13.2. The zero-order valence-electron chi connectivity index (χ0n) is 19.3. The number of sulfonamides is 1. The Bertz CT molecular complexity index is 1070. The summed E-state index contributed by atoms with van der Waals surface area (Å²) in [6, 6.07) is 12.5. The molecule has 178 valence electrons. The fraction of sp³-hybridized carbons (Fsp3) is 0.480. The highest BCUT2D eigenvalue weighted by atomic mass is 32.2. The van der Waals surface area contributed by atoms with E-state index in [4.69, 9.17) is 4.74 Å². The highest BCUT2D eigenvalue weighted by Gasteiger charge is 2.24. The number of nitrogens with zero attached hydrogens (tertiary/aromatic N) is 2. The normalized spacial score (nSPS) is 17.3. The third kappa shape index (κ3) is 5.93. The summed E-state index contributed by atoms with van der Waals surface area (Å²) in [5.74, 6) is 0.206. The van der Waals surface area contributed by atoms with Crippen LogP contribution in [0.25, 0.3) is 0 Å². The van der Waals surface area contributed by atoms with Crippen molar-refractivity contribution in [1.29, 1.82) is 0 Å². The Balaban J connectivity index is 1.47. The topological polar surface area (TPSA) is 79.0 Å². The van der Waals surface area contributed by atoms with E-state index in [2.05, 4.69) is 21.8 Å². The number of rotatable bonds is 8. The van der Waals surface area contributed by atoms with Crippen molar-refractivity contribution in [3.8, 4) is 5.75 Å². The van der Waals surface area contributed by atoms with Crippen LogP contribution in [-0.4, -0.2) is 57.4 Å². The smallest absolute Gasteiger partial charge is 0.257 e. The minimum absolute atomic E-state index is 0.0666. The van der Waals surface area contributed by atoms with Crippen LogP contribution in [0.1, 0.15) is 53.6 Å². The van der Waals surface area contributed by atoms with E-state index in [9.17, 15) is 13.2 Å². The Morgan fingerprint density at radius 1 is 0.939 bits per heavy atom. The molecule has 0 atom stereocenters. The van der Waals surface area contributed by atoms with E-state index in [1.165, 1.54) is 37.6 Å². The number of benzene rings is 2. The number of hydrogen-bond donors (Lipinski definition) is 1. The van der Waals surface area contributed by atoms with Gasteiger partial charge in [0, 0.05) is 26.2 Å². The first kappa shape index (κ1) is 23.7. The van der Waals surface area contributed by atoms with E-state index in [0.717, 1.165) is 44.5 Å². The first-order chi connectivity index (χ1) is 16.0. The van der Waals surface area contributed by atoms with Gasteiger partial charge in [0.1, 0.15) is 5.75 Å². The summed E-state index contributed by atoms with van der Waals surface area (Å²) in [5, 5.41) is 0. The van der Waals surface area contributed by atoms with Gasteiger partial charge >= 0.3 is 0 Å². The molecule has 2 aliphatic rings. The Morgan fingerprint density at radius 3 is 2.36 bits per heavy atom. The highest BCUT2D eigenvalue weighted by molar-refractivity contribution is 7.89. The van der Waals surface area contributed by atoms with Gasteiger partial charge in [-0.1, -0.05) is 24.3 Å². The maximum absolute atomic E-state index is 13.0. The van der Waals surface area contributed by atoms with Crippen molar-refractivity contribution < 1.29 is 17.9 Å². The van der Waals surface area contributed by atoms with Crippen LogP contribution < -0.4 is 9.46 Å². The molecule has 0 bridgehead atoms. The molecule has 33 heavy (non-hydrogen) atoms. The van der Waals surface area contributed by atoms with Crippen molar-refractivity contribution in [2.45, 2.75) is 50.1 Å². The second-order valence-electron chi connectivity index (χ2n) is 8.84. The number of ether oxygens (including phenoxy) is 1. The molecule has 7 nitrogen and oxygen atoms in total. The summed E-state index contributed by atoms with van der Waals surface area (Å²) in [4.78, 5) is 17.3. The molecule has 2 saturated heterocycles. The van der Waals surface area contributed by atoms with Crippen LogP contribution in [-0.2, 0) is 23.1 Å². The van der Waals surface area contributed by atoms with Gasteiger partial charge in [0.15, 0.2) is 0 Å². The number of carbonyl (C=O) groups is 1. The Hall–Kier alpha value is -2.42. The molecule has 8 heteroatoms. The molecular weight excluding hydrogens is 438 g/mol. The lowest BCUT2D eigenvalue weighted by molar-refractivity contribution is 0.0720. The van der Waals surface area contributed by atoms with Gasteiger partial charge < -0.3 is 9.64 Å².